The van der Waals surface area contributed by atoms with Gasteiger partial charge in [0.1, 0.15) is 0 Å². The summed E-state index contributed by atoms with van der Waals surface area (Å²) in [4.78, 5) is 11.0. The molecule has 26 heavy (non-hydrogen) atoms. The van der Waals surface area contributed by atoms with Crippen molar-refractivity contribution in [2.45, 2.75) is 50.6 Å². The van der Waals surface area contributed by atoms with Crippen LogP contribution in [0.3, 0.4) is 0 Å². The number of esters is 1. The third-order valence-electron chi connectivity index (χ3n) is 3.80. The number of hydrogen-bond acceptors (Lipinski definition) is 4. The van der Waals surface area contributed by atoms with Crippen molar-refractivity contribution in [2.24, 2.45) is 5.16 Å². The van der Waals surface area contributed by atoms with Crippen LogP contribution in [0.25, 0.3) is 0 Å². The van der Waals surface area contributed by atoms with E-state index in [-0.39, 0.29) is 24.5 Å². The first-order chi connectivity index (χ1) is 12.1. The summed E-state index contributed by atoms with van der Waals surface area (Å²) in [7, 11) is 1.30. The molecule has 0 aliphatic heterocycles. The van der Waals surface area contributed by atoms with Gasteiger partial charge in [0.05, 0.1) is 12.8 Å². The Morgan fingerprint density at radius 1 is 1.08 bits per heavy atom. The van der Waals surface area contributed by atoms with E-state index >= 15 is 0 Å². The molecule has 0 aliphatic carbocycles. The summed E-state index contributed by atoms with van der Waals surface area (Å²) in [6.45, 7) is 0. The van der Waals surface area contributed by atoms with Crippen LogP contribution in [-0.4, -0.2) is 36.1 Å². The Morgan fingerprint density at radius 2 is 1.69 bits per heavy atom. The average Bonchev–Trinajstić information content (AvgIpc) is 2.58. The fourth-order valence-electron chi connectivity index (χ4n) is 2.27. The summed E-state index contributed by atoms with van der Waals surface area (Å²) >= 11 is 0. The summed E-state index contributed by atoms with van der Waals surface area (Å²) in [5.74, 6) is -5.08. The Hall–Kier alpha value is -2.19. The van der Waals surface area contributed by atoms with Crippen LogP contribution in [0.15, 0.2) is 29.4 Å². The van der Waals surface area contributed by atoms with Crippen LogP contribution in [0.5, 0.6) is 0 Å². The maximum Gasteiger partial charge on any atom is 0.453 e. The minimum atomic E-state index is -5.59. The zero-order chi connectivity index (χ0) is 19.8. The molecule has 0 radical (unpaired) electrons. The van der Waals surface area contributed by atoms with Crippen LogP contribution in [-0.2, 0) is 16.0 Å². The highest BCUT2D eigenvalue weighted by molar-refractivity contribution is 6.00. The first-order valence-corrected chi connectivity index (χ1v) is 7.92. The van der Waals surface area contributed by atoms with E-state index in [0.717, 1.165) is 5.56 Å². The van der Waals surface area contributed by atoms with Crippen molar-refractivity contribution in [3.05, 3.63) is 35.4 Å². The zero-order valence-electron chi connectivity index (χ0n) is 14.2. The van der Waals surface area contributed by atoms with Crippen molar-refractivity contribution in [1.82, 2.24) is 0 Å². The number of methoxy groups -OCH3 is 1. The molecular formula is C17H20F5NO3. The molecule has 0 atom stereocenters. The molecule has 0 fully saturated rings. The molecule has 1 aromatic carbocycles. The van der Waals surface area contributed by atoms with Crippen LogP contribution < -0.4 is 0 Å². The highest BCUT2D eigenvalue weighted by Gasteiger charge is 2.56. The summed E-state index contributed by atoms with van der Waals surface area (Å²) in [6.07, 6.45) is -6.19. The van der Waals surface area contributed by atoms with E-state index in [1.807, 2.05) is 0 Å². The predicted octanol–water partition coefficient (Wildman–Crippen LogP) is 4.73. The lowest BCUT2D eigenvalue weighted by molar-refractivity contribution is -0.284. The van der Waals surface area contributed by atoms with Crippen molar-refractivity contribution in [3.8, 4) is 0 Å². The van der Waals surface area contributed by atoms with Gasteiger partial charge < -0.3 is 9.94 Å². The lowest BCUT2D eigenvalue weighted by Gasteiger charge is -2.19. The van der Waals surface area contributed by atoms with Crippen LogP contribution in [0.1, 0.15) is 43.2 Å². The average molecular weight is 381 g/mol. The molecule has 0 saturated heterocycles. The molecule has 0 amide bonds. The van der Waals surface area contributed by atoms with Crippen molar-refractivity contribution in [1.29, 1.82) is 0 Å². The minimum Gasteiger partial charge on any atom is -0.469 e. The Bertz CT molecular complexity index is 612. The fourth-order valence-corrected chi connectivity index (χ4v) is 2.27. The van der Waals surface area contributed by atoms with Gasteiger partial charge in [0, 0.05) is 12.8 Å². The first-order valence-electron chi connectivity index (χ1n) is 7.92. The minimum absolute atomic E-state index is 0.0316. The number of aryl methyl sites for hydroxylation is 1. The Morgan fingerprint density at radius 3 is 2.19 bits per heavy atom. The van der Waals surface area contributed by atoms with Gasteiger partial charge in [-0.05, 0) is 36.8 Å². The van der Waals surface area contributed by atoms with E-state index in [4.69, 9.17) is 5.21 Å². The van der Waals surface area contributed by atoms with Crippen molar-refractivity contribution in [3.63, 3.8) is 0 Å². The summed E-state index contributed by atoms with van der Waals surface area (Å²) in [5.41, 5.74) is 1.36. The molecule has 1 rings (SSSR count). The molecule has 9 heteroatoms. The maximum absolute atomic E-state index is 12.9. The fraction of sp³-hybridized carbons (Fsp3) is 0.529. The number of halogens is 5. The third-order valence-corrected chi connectivity index (χ3v) is 3.80. The normalized spacial score (nSPS) is 12.9. The SMILES string of the molecule is COC(=O)CCCc1ccc(C(CCCC(F)(F)C(F)(F)F)=NO)cc1. The molecule has 1 aromatic rings. The van der Waals surface area contributed by atoms with Crippen molar-refractivity contribution >= 4 is 11.7 Å². The van der Waals surface area contributed by atoms with Gasteiger partial charge in [-0.15, -0.1) is 0 Å². The largest absolute Gasteiger partial charge is 0.469 e. The van der Waals surface area contributed by atoms with Crippen LogP contribution >= 0.6 is 0 Å². The van der Waals surface area contributed by atoms with Gasteiger partial charge in [-0.2, -0.15) is 22.0 Å². The molecule has 0 aliphatic rings. The molecule has 0 heterocycles. The monoisotopic (exact) mass is 381 g/mol. The second-order valence-electron chi connectivity index (χ2n) is 5.73. The van der Waals surface area contributed by atoms with E-state index in [1.54, 1.807) is 24.3 Å². The second-order valence-corrected chi connectivity index (χ2v) is 5.73. The second kappa shape index (κ2) is 9.49. The molecule has 4 nitrogen and oxygen atoms in total. The van der Waals surface area contributed by atoms with Gasteiger partial charge in [-0.3, -0.25) is 4.79 Å². The van der Waals surface area contributed by atoms with Crippen molar-refractivity contribution < 1.29 is 36.7 Å². The number of hydrogen-bond donors (Lipinski definition) is 1. The first kappa shape index (κ1) is 21.9. The molecule has 0 bridgehead atoms. The van der Waals surface area contributed by atoms with Crippen LogP contribution in [0.2, 0.25) is 0 Å². The van der Waals surface area contributed by atoms with E-state index in [0.29, 0.717) is 18.4 Å². The number of nitrogens with zero attached hydrogens (tertiary/aromatic N) is 1. The molecular weight excluding hydrogens is 361 g/mol. The molecule has 0 aromatic heterocycles. The molecule has 0 unspecified atom stereocenters. The Balaban J connectivity index is 2.57. The van der Waals surface area contributed by atoms with Gasteiger partial charge in [0.2, 0.25) is 0 Å². The van der Waals surface area contributed by atoms with Crippen LogP contribution in [0.4, 0.5) is 22.0 Å². The van der Waals surface area contributed by atoms with E-state index in [2.05, 4.69) is 9.89 Å². The standard InChI is InChI=1S/C17H20F5NO3/c1-26-15(24)6-2-4-12-7-9-13(10-8-12)14(23-25)5-3-11-16(18,19)17(20,21)22/h7-10,25H,2-6,11H2,1H3. The number of carbonyl (C=O) groups is 1. The topological polar surface area (TPSA) is 58.9 Å². The number of rotatable bonds is 9. The highest BCUT2D eigenvalue weighted by atomic mass is 19.4. The number of benzene rings is 1. The van der Waals surface area contributed by atoms with Gasteiger partial charge in [0.15, 0.2) is 0 Å². The van der Waals surface area contributed by atoms with E-state index in [1.165, 1.54) is 7.11 Å². The van der Waals surface area contributed by atoms with Crippen molar-refractivity contribution in [2.75, 3.05) is 7.11 Å². The quantitative estimate of drug-likeness (QED) is 0.221. The predicted molar refractivity (Wildman–Crippen MR) is 84.6 cm³/mol. The number of oxime groups is 1. The lowest BCUT2D eigenvalue weighted by atomic mass is 10.00. The number of alkyl halides is 5. The highest BCUT2D eigenvalue weighted by Crippen LogP contribution is 2.39. The Kier molecular flexibility index (Phi) is 7.98. The Labute approximate surface area is 147 Å². The maximum atomic E-state index is 12.9. The van der Waals surface area contributed by atoms with Gasteiger partial charge in [-0.1, -0.05) is 29.4 Å². The summed E-state index contributed by atoms with van der Waals surface area (Å²) in [6, 6.07) is 6.60. The molecule has 146 valence electrons. The van der Waals surface area contributed by atoms with E-state index < -0.39 is 24.9 Å². The van der Waals surface area contributed by atoms with Crippen LogP contribution in [0, 0.1) is 0 Å². The molecule has 0 saturated carbocycles. The molecule has 1 N–H and O–H groups in total. The summed E-state index contributed by atoms with van der Waals surface area (Å²) in [5, 5.41) is 12.0. The van der Waals surface area contributed by atoms with E-state index in [9.17, 15) is 26.7 Å². The van der Waals surface area contributed by atoms with Gasteiger partial charge in [-0.25, -0.2) is 0 Å². The third kappa shape index (κ3) is 6.61. The zero-order valence-corrected chi connectivity index (χ0v) is 14.2. The lowest BCUT2D eigenvalue weighted by Crippen LogP contribution is -2.36. The molecule has 0 spiro atoms. The number of ether oxygens (including phenoxy) is 1. The number of carbonyl (C=O) groups excluding carboxylic acids is 1. The van der Waals surface area contributed by atoms with Gasteiger partial charge in [0.25, 0.3) is 0 Å². The smallest absolute Gasteiger partial charge is 0.453 e. The summed E-state index contributed by atoms with van der Waals surface area (Å²) < 4.78 is 66.7. The van der Waals surface area contributed by atoms with Gasteiger partial charge >= 0.3 is 18.1 Å².